The number of sulfonamides is 1. The fourth-order valence-corrected chi connectivity index (χ4v) is 0.837. The molecule has 0 aromatic carbocycles. The molecule has 3 nitrogen and oxygen atoms in total. The number of hydrogen-bond acceptors (Lipinski definition) is 2. The minimum atomic E-state index is -3.02. The van der Waals surface area contributed by atoms with Crippen molar-refractivity contribution >= 4 is 10.0 Å². The van der Waals surface area contributed by atoms with Gasteiger partial charge in [-0.25, -0.2) is 13.1 Å². The molecular formula is C6H13NO2S. The van der Waals surface area contributed by atoms with Crippen LogP contribution in [0, 0.1) is 0 Å². The smallest absolute Gasteiger partial charge is 0.208 e. The molecule has 0 fully saturated rings. The fraction of sp³-hybridized carbons (Fsp3) is 0.667. The summed E-state index contributed by atoms with van der Waals surface area (Å²) < 4.78 is 23.4. The van der Waals surface area contributed by atoms with Crippen LogP contribution in [0.3, 0.4) is 0 Å². The van der Waals surface area contributed by atoms with Crippen molar-refractivity contribution in [3.63, 3.8) is 0 Å². The van der Waals surface area contributed by atoms with Crippen molar-refractivity contribution in [1.29, 1.82) is 0 Å². The summed E-state index contributed by atoms with van der Waals surface area (Å²) in [6, 6.07) is 0. The first-order valence-corrected chi connectivity index (χ1v) is 4.91. The molecule has 0 atom stereocenters. The average molecular weight is 163 g/mol. The van der Waals surface area contributed by atoms with Crippen molar-refractivity contribution < 1.29 is 8.42 Å². The van der Waals surface area contributed by atoms with Crippen LogP contribution < -0.4 is 4.72 Å². The minimum Gasteiger partial charge on any atom is -0.213 e. The van der Waals surface area contributed by atoms with Gasteiger partial charge in [-0.1, -0.05) is 11.6 Å². The van der Waals surface area contributed by atoms with Gasteiger partial charge in [0.2, 0.25) is 10.0 Å². The van der Waals surface area contributed by atoms with E-state index in [0.29, 0.717) is 6.54 Å². The van der Waals surface area contributed by atoms with E-state index in [1.54, 1.807) is 0 Å². The van der Waals surface area contributed by atoms with E-state index in [1.807, 2.05) is 19.9 Å². The lowest BCUT2D eigenvalue weighted by Gasteiger charge is -2.00. The van der Waals surface area contributed by atoms with Crippen molar-refractivity contribution in [3.05, 3.63) is 11.6 Å². The quantitative estimate of drug-likeness (QED) is 0.616. The van der Waals surface area contributed by atoms with E-state index in [0.717, 1.165) is 11.8 Å². The third-order valence-electron chi connectivity index (χ3n) is 1.11. The maximum atomic E-state index is 10.5. The summed E-state index contributed by atoms with van der Waals surface area (Å²) in [5.74, 6) is 0. The standard InChI is InChI=1S/C6H13NO2S/c1-4-6(2)5-7-10(3,8)9/h4,7H,5H2,1-3H3. The van der Waals surface area contributed by atoms with Crippen molar-refractivity contribution in [2.24, 2.45) is 0 Å². The predicted molar refractivity (Wildman–Crippen MR) is 42.3 cm³/mol. The Balaban J connectivity index is 3.79. The van der Waals surface area contributed by atoms with E-state index in [9.17, 15) is 8.42 Å². The Morgan fingerprint density at radius 1 is 1.60 bits per heavy atom. The molecule has 0 radical (unpaired) electrons. The Hall–Kier alpha value is -0.350. The van der Waals surface area contributed by atoms with Crippen LogP contribution in [0.1, 0.15) is 13.8 Å². The number of nitrogens with one attached hydrogen (secondary N) is 1. The second-order valence-electron chi connectivity index (χ2n) is 2.23. The lowest BCUT2D eigenvalue weighted by Crippen LogP contribution is -2.23. The maximum absolute atomic E-state index is 10.5. The molecule has 60 valence electrons. The van der Waals surface area contributed by atoms with Crippen LogP contribution in [0.4, 0.5) is 0 Å². The minimum absolute atomic E-state index is 0.412. The topological polar surface area (TPSA) is 46.2 Å². The first-order valence-electron chi connectivity index (χ1n) is 3.02. The normalized spacial score (nSPS) is 13.7. The fourth-order valence-electron chi connectivity index (χ4n) is 0.347. The molecule has 0 bridgehead atoms. The summed E-state index contributed by atoms with van der Waals surface area (Å²) in [6.45, 7) is 4.16. The summed E-state index contributed by atoms with van der Waals surface area (Å²) in [6.07, 6.45) is 3.02. The molecule has 10 heavy (non-hydrogen) atoms. The predicted octanol–water partition coefficient (Wildman–Crippen LogP) is 0.502. The van der Waals surface area contributed by atoms with E-state index in [2.05, 4.69) is 4.72 Å². The number of rotatable bonds is 3. The largest absolute Gasteiger partial charge is 0.213 e. The molecule has 0 aliphatic heterocycles. The summed E-state index contributed by atoms with van der Waals surface area (Å²) in [5, 5.41) is 0. The van der Waals surface area contributed by atoms with E-state index in [1.165, 1.54) is 0 Å². The lowest BCUT2D eigenvalue weighted by atomic mass is 10.3. The zero-order valence-electron chi connectivity index (χ0n) is 6.51. The average Bonchev–Trinajstić information content (AvgIpc) is 1.81. The van der Waals surface area contributed by atoms with Gasteiger partial charge in [-0.3, -0.25) is 0 Å². The highest BCUT2D eigenvalue weighted by Crippen LogP contribution is 1.88. The van der Waals surface area contributed by atoms with Gasteiger partial charge in [0.25, 0.3) is 0 Å². The van der Waals surface area contributed by atoms with Gasteiger partial charge in [-0.15, -0.1) is 0 Å². The summed E-state index contributed by atoms with van der Waals surface area (Å²) in [5.41, 5.74) is 1.02. The van der Waals surface area contributed by atoms with E-state index in [-0.39, 0.29) is 0 Å². The van der Waals surface area contributed by atoms with Gasteiger partial charge in [0.15, 0.2) is 0 Å². The third-order valence-corrected chi connectivity index (χ3v) is 1.77. The van der Waals surface area contributed by atoms with Crippen LogP contribution in [0.15, 0.2) is 11.6 Å². The van der Waals surface area contributed by atoms with Crippen molar-refractivity contribution in [3.8, 4) is 0 Å². The Morgan fingerprint density at radius 2 is 2.10 bits per heavy atom. The SMILES string of the molecule is CC=C(C)CNS(C)(=O)=O. The Bertz CT molecular complexity index is 216. The first kappa shape index (κ1) is 9.65. The maximum Gasteiger partial charge on any atom is 0.208 e. The van der Waals surface area contributed by atoms with Crippen molar-refractivity contribution in [2.75, 3.05) is 12.8 Å². The molecule has 4 heteroatoms. The molecule has 1 N–H and O–H groups in total. The Labute approximate surface area is 62.2 Å². The van der Waals surface area contributed by atoms with Gasteiger partial charge in [0.05, 0.1) is 6.26 Å². The van der Waals surface area contributed by atoms with Gasteiger partial charge >= 0.3 is 0 Å². The molecule has 0 saturated heterocycles. The summed E-state index contributed by atoms with van der Waals surface area (Å²) >= 11 is 0. The molecule has 0 unspecified atom stereocenters. The summed E-state index contributed by atoms with van der Waals surface area (Å²) in [7, 11) is -3.02. The molecule has 0 spiro atoms. The molecule has 0 rings (SSSR count). The van der Waals surface area contributed by atoms with Crippen LogP contribution >= 0.6 is 0 Å². The molecular weight excluding hydrogens is 150 g/mol. The van der Waals surface area contributed by atoms with Crippen molar-refractivity contribution in [2.45, 2.75) is 13.8 Å². The highest BCUT2D eigenvalue weighted by atomic mass is 32.2. The van der Waals surface area contributed by atoms with Crippen LogP contribution in [0.5, 0.6) is 0 Å². The molecule has 0 amide bonds. The molecule has 0 aliphatic rings. The zero-order chi connectivity index (χ0) is 8.20. The van der Waals surface area contributed by atoms with Gasteiger partial charge in [0, 0.05) is 6.54 Å². The van der Waals surface area contributed by atoms with Gasteiger partial charge in [-0.2, -0.15) is 0 Å². The molecule has 0 aromatic rings. The van der Waals surface area contributed by atoms with E-state index >= 15 is 0 Å². The van der Waals surface area contributed by atoms with Gasteiger partial charge in [-0.05, 0) is 13.8 Å². The summed E-state index contributed by atoms with van der Waals surface area (Å²) in [4.78, 5) is 0. The van der Waals surface area contributed by atoms with E-state index in [4.69, 9.17) is 0 Å². The van der Waals surface area contributed by atoms with Gasteiger partial charge < -0.3 is 0 Å². The second kappa shape index (κ2) is 3.73. The van der Waals surface area contributed by atoms with Crippen molar-refractivity contribution in [1.82, 2.24) is 4.72 Å². The van der Waals surface area contributed by atoms with Crippen LogP contribution in [-0.2, 0) is 10.0 Å². The van der Waals surface area contributed by atoms with Crippen LogP contribution in [0.2, 0.25) is 0 Å². The monoisotopic (exact) mass is 163 g/mol. The third kappa shape index (κ3) is 5.78. The molecule has 0 aromatic heterocycles. The second-order valence-corrected chi connectivity index (χ2v) is 4.06. The van der Waals surface area contributed by atoms with E-state index < -0.39 is 10.0 Å². The molecule has 0 aliphatic carbocycles. The molecule has 0 heterocycles. The first-order chi connectivity index (χ1) is 4.45. The highest BCUT2D eigenvalue weighted by Gasteiger charge is 1.97. The number of hydrogen-bond donors (Lipinski definition) is 1. The molecule has 0 saturated carbocycles. The van der Waals surface area contributed by atoms with Gasteiger partial charge in [0.1, 0.15) is 0 Å². The number of allylic oxidation sites excluding steroid dienone is 1. The van der Waals surface area contributed by atoms with Crippen LogP contribution in [0.25, 0.3) is 0 Å². The zero-order valence-corrected chi connectivity index (χ0v) is 7.33. The Kier molecular flexibility index (Phi) is 3.60. The van der Waals surface area contributed by atoms with Crippen LogP contribution in [-0.4, -0.2) is 21.2 Å². The highest BCUT2D eigenvalue weighted by molar-refractivity contribution is 7.88. The lowest BCUT2D eigenvalue weighted by molar-refractivity contribution is 0.591. The Morgan fingerprint density at radius 3 is 2.40 bits per heavy atom.